The van der Waals surface area contributed by atoms with E-state index in [0.29, 0.717) is 35.9 Å². The Bertz CT molecular complexity index is 1120. The number of carbonyl (C=O) groups is 1. The third-order valence-electron chi connectivity index (χ3n) is 4.51. The fourth-order valence-corrected chi connectivity index (χ4v) is 4.15. The number of hydrogen-bond donors (Lipinski definition) is 0. The second-order valence-corrected chi connectivity index (χ2v) is 7.72. The van der Waals surface area contributed by atoms with E-state index in [9.17, 15) is 4.79 Å². The van der Waals surface area contributed by atoms with Crippen molar-refractivity contribution in [3.8, 4) is 23.8 Å². The highest BCUT2D eigenvalue weighted by Crippen LogP contribution is 2.27. The van der Waals surface area contributed by atoms with Crippen LogP contribution in [0.1, 0.15) is 43.5 Å². The molecule has 1 heterocycles. The number of carbonyl (C=O) groups excluding carboxylic acids is 1. The molecule has 0 fully saturated rings. The SMILES string of the molecule is C#CCn1c(=NC(=O)c2cccc(OCCCCC)c2)sc2cccc(OCC)c21. The first-order valence-electron chi connectivity index (χ1n) is 10.2. The quantitative estimate of drug-likeness (QED) is 0.358. The number of hydrogen-bond acceptors (Lipinski definition) is 4. The molecule has 5 nitrogen and oxygen atoms in total. The van der Waals surface area contributed by atoms with Crippen molar-refractivity contribution in [1.82, 2.24) is 4.57 Å². The van der Waals surface area contributed by atoms with Gasteiger partial charge < -0.3 is 14.0 Å². The van der Waals surface area contributed by atoms with Crippen LogP contribution in [0.5, 0.6) is 11.5 Å². The number of ether oxygens (including phenoxy) is 2. The lowest BCUT2D eigenvalue weighted by atomic mass is 10.2. The van der Waals surface area contributed by atoms with Crippen molar-refractivity contribution in [2.24, 2.45) is 4.99 Å². The molecular weight excluding hydrogens is 396 g/mol. The average Bonchev–Trinajstić information content (AvgIpc) is 3.10. The first-order chi connectivity index (χ1) is 14.7. The van der Waals surface area contributed by atoms with Gasteiger partial charge in [-0.25, -0.2) is 0 Å². The monoisotopic (exact) mass is 422 g/mol. The summed E-state index contributed by atoms with van der Waals surface area (Å²) in [6.45, 7) is 5.57. The lowest BCUT2D eigenvalue weighted by Gasteiger charge is -2.07. The Kier molecular flexibility index (Phi) is 7.69. The van der Waals surface area contributed by atoms with Crippen LogP contribution in [0.4, 0.5) is 0 Å². The molecule has 0 spiro atoms. The predicted molar refractivity (Wildman–Crippen MR) is 121 cm³/mol. The number of fused-ring (bicyclic) bond motifs is 1. The Morgan fingerprint density at radius 1 is 1.17 bits per heavy atom. The number of aromatic nitrogens is 1. The molecule has 1 amide bonds. The van der Waals surface area contributed by atoms with Gasteiger partial charge in [0.1, 0.15) is 17.0 Å². The highest BCUT2D eigenvalue weighted by atomic mass is 32.1. The standard InChI is InChI=1S/C24H26N2O3S/c1-4-7-8-16-29-19-12-9-11-18(17-19)23(27)25-24-26(15-5-2)22-20(28-6-3)13-10-14-21(22)30-24/h2,9-14,17H,4,6-8,15-16H2,1,3H3. The van der Waals surface area contributed by atoms with Crippen molar-refractivity contribution < 1.29 is 14.3 Å². The molecule has 0 bridgehead atoms. The number of nitrogens with zero attached hydrogens (tertiary/aromatic N) is 2. The van der Waals surface area contributed by atoms with Crippen LogP contribution in [0.15, 0.2) is 47.5 Å². The van der Waals surface area contributed by atoms with Gasteiger partial charge in [0, 0.05) is 5.56 Å². The smallest absolute Gasteiger partial charge is 0.279 e. The summed E-state index contributed by atoms with van der Waals surface area (Å²) < 4.78 is 14.3. The second-order valence-electron chi connectivity index (χ2n) is 6.71. The lowest BCUT2D eigenvalue weighted by Crippen LogP contribution is -2.17. The van der Waals surface area contributed by atoms with Crippen molar-refractivity contribution in [3.63, 3.8) is 0 Å². The average molecular weight is 423 g/mol. The maximum atomic E-state index is 12.9. The van der Waals surface area contributed by atoms with Gasteiger partial charge in [-0.1, -0.05) is 49.2 Å². The van der Waals surface area contributed by atoms with Gasteiger partial charge in [0.2, 0.25) is 0 Å². The number of terminal acetylenes is 1. The zero-order valence-electron chi connectivity index (χ0n) is 17.4. The summed E-state index contributed by atoms with van der Waals surface area (Å²) >= 11 is 1.42. The molecule has 6 heteroatoms. The van der Waals surface area contributed by atoms with Gasteiger partial charge >= 0.3 is 0 Å². The summed E-state index contributed by atoms with van der Waals surface area (Å²) in [5.41, 5.74) is 1.35. The van der Waals surface area contributed by atoms with Crippen LogP contribution < -0.4 is 14.3 Å². The van der Waals surface area contributed by atoms with E-state index in [2.05, 4.69) is 17.8 Å². The number of benzene rings is 2. The Labute approximate surface area is 181 Å². The van der Waals surface area contributed by atoms with Crippen molar-refractivity contribution in [2.45, 2.75) is 39.7 Å². The van der Waals surface area contributed by atoms with Gasteiger partial charge in [-0.3, -0.25) is 4.79 Å². The van der Waals surface area contributed by atoms with Gasteiger partial charge in [0.05, 0.1) is 24.5 Å². The van der Waals surface area contributed by atoms with Gasteiger partial charge in [-0.05, 0) is 43.7 Å². The number of rotatable bonds is 9. The summed E-state index contributed by atoms with van der Waals surface area (Å²) in [5, 5.41) is 0. The summed E-state index contributed by atoms with van der Waals surface area (Å²) in [5.74, 6) is 3.73. The molecule has 30 heavy (non-hydrogen) atoms. The largest absolute Gasteiger partial charge is 0.494 e. The number of unbranched alkanes of at least 4 members (excludes halogenated alkanes) is 2. The molecule has 0 aliphatic rings. The Balaban J connectivity index is 1.95. The molecule has 0 unspecified atom stereocenters. The second kappa shape index (κ2) is 10.7. The molecular formula is C24H26N2O3S. The zero-order chi connectivity index (χ0) is 21.3. The van der Waals surface area contributed by atoms with Gasteiger partial charge in [-0.2, -0.15) is 4.99 Å². The van der Waals surface area contributed by atoms with E-state index in [1.807, 2.05) is 41.8 Å². The van der Waals surface area contributed by atoms with Gasteiger partial charge in [-0.15, -0.1) is 6.42 Å². The van der Waals surface area contributed by atoms with Gasteiger partial charge in [0.25, 0.3) is 5.91 Å². The first kappa shape index (κ1) is 21.7. The molecule has 0 aliphatic carbocycles. The van der Waals surface area contributed by atoms with E-state index >= 15 is 0 Å². The van der Waals surface area contributed by atoms with Crippen molar-refractivity contribution in [3.05, 3.63) is 52.8 Å². The van der Waals surface area contributed by atoms with Crippen LogP contribution in [-0.2, 0) is 6.54 Å². The predicted octanol–water partition coefficient (Wildman–Crippen LogP) is 5.04. The molecule has 0 atom stereocenters. The Morgan fingerprint density at radius 2 is 2.00 bits per heavy atom. The third-order valence-corrected chi connectivity index (χ3v) is 5.55. The first-order valence-corrected chi connectivity index (χ1v) is 11.0. The molecule has 0 N–H and O–H groups in total. The van der Waals surface area contributed by atoms with Crippen LogP contribution in [0.25, 0.3) is 10.2 Å². The minimum absolute atomic E-state index is 0.302. The van der Waals surface area contributed by atoms with Crippen LogP contribution >= 0.6 is 11.3 Å². The highest BCUT2D eigenvalue weighted by Gasteiger charge is 2.13. The minimum Gasteiger partial charge on any atom is -0.494 e. The van der Waals surface area contributed by atoms with E-state index < -0.39 is 0 Å². The topological polar surface area (TPSA) is 52.8 Å². The number of amides is 1. The van der Waals surface area contributed by atoms with E-state index in [4.69, 9.17) is 15.9 Å². The fourth-order valence-electron chi connectivity index (χ4n) is 3.11. The molecule has 0 radical (unpaired) electrons. The number of thiazole rings is 1. The van der Waals surface area contributed by atoms with Crippen molar-refractivity contribution >= 4 is 27.5 Å². The number of para-hydroxylation sites is 1. The summed E-state index contributed by atoms with van der Waals surface area (Å²) in [7, 11) is 0. The molecule has 3 aromatic rings. The summed E-state index contributed by atoms with van der Waals surface area (Å²) in [4.78, 5) is 17.8. The lowest BCUT2D eigenvalue weighted by molar-refractivity contribution is 0.0997. The van der Waals surface area contributed by atoms with E-state index in [1.165, 1.54) is 11.3 Å². The minimum atomic E-state index is -0.329. The van der Waals surface area contributed by atoms with Crippen LogP contribution in [0.3, 0.4) is 0 Å². The summed E-state index contributed by atoms with van der Waals surface area (Å²) in [6.07, 6.45) is 8.84. The maximum Gasteiger partial charge on any atom is 0.279 e. The van der Waals surface area contributed by atoms with Gasteiger partial charge in [0.15, 0.2) is 4.80 Å². The maximum absolute atomic E-state index is 12.9. The zero-order valence-corrected chi connectivity index (χ0v) is 18.2. The fraction of sp³-hybridized carbons (Fsp3) is 0.333. The Hall–Kier alpha value is -3.04. The van der Waals surface area contributed by atoms with Crippen LogP contribution in [-0.4, -0.2) is 23.7 Å². The third kappa shape index (κ3) is 5.11. The molecule has 1 aromatic heterocycles. The summed E-state index contributed by atoms with van der Waals surface area (Å²) in [6, 6.07) is 13.0. The highest BCUT2D eigenvalue weighted by molar-refractivity contribution is 7.16. The molecule has 0 saturated heterocycles. The van der Waals surface area contributed by atoms with Crippen LogP contribution in [0, 0.1) is 12.3 Å². The molecule has 3 rings (SSSR count). The normalized spacial score (nSPS) is 11.4. The molecule has 0 aliphatic heterocycles. The van der Waals surface area contributed by atoms with E-state index in [0.717, 1.165) is 35.2 Å². The van der Waals surface area contributed by atoms with E-state index in [1.54, 1.807) is 12.1 Å². The van der Waals surface area contributed by atoms with Crippen molar-refractivity contribution in [2.75, 3.05) is 13.2 Å². The molecule has 0 saturated carbocycles. The molecule has 2 aromatic carbocycles. The van der Waals surface area contributed by atoms with Crippen LogP contribution in [0.2, 0.25) is 0 Å². The van der Waals surface area contributed by atoms with E-state index in [-0.39, 0.29) is 5.91 Å². The van der Waals surface area contributed by atoms with Crippen molar-refractivity contribution in [1.29, 1.82) is 0 Å². The molecule has 156 valence electrons. The Morgan fingerprint density at radius 3 is 2.77 bits per heavy atom.